The number of likely N-dealkylation sites (N-methyl/N-ethyl adjacent to an activating group) is 1. The topological polar surface area (TPSA) is 63.4 Å². The van der Waals surface area contributed by atoms with Gasteiger partial charge in [0.2, 0.25) is 0 Å². The summed E-state index contributed by atoms with van der Waals surface area (Å²) in [4.78, 5) is 2.23. The number of hydrogen-bond donors (Lipinski definition) is 5. The van der Waals surface area contributed by atoms with E-state index in [2.05, 4.69) is 78.3 Å². The molecule has 0 fully saturated rings. The molecule has 0 radical (unpaired) electrons. The van der Waals surface area contributed by atoms with E-state index in [1.807, 2.05) is 6.08 Å². The Morgan fingerprint density at radius 1 is 1.32 bits per heavy atom. The highest BCUT2D eigenvalue weighted by Crippen LogP contribution is 2.18. The van der Waals surface area contributed by atoms with Crippen LogP contribution in [0.25, 0.3) is 0 Å². The number of nitrogens with zero attached hydrogens (tertiary/aromatic N) is 1. The summed E-state index contributed by atoms with van der Waals surface area (Å²) in [5.74, 6) is 0.323. The largest absolute Gasteiger partial charge is 0.298 e. The minimum atomic E-state index is 0.0211. The summed E-state index contributed by atoms with van der Waals surface area (Å²) >= 11 is 6.59. The molecule has 0 aliphatic carbocycles. The first-order valence-electron chi connectivity index (χ1n) is 9.40. The third-order valence-corrected chi connectivity index (χ3v) is 5.13. The molecule has 7 heteroatoms. The van der Waals surface area contributed by atoms with Crippen molar-refractivity contribution in [1.29, 1.82) is 0 Å². The van der Waals surface area contributed by atoms with Crippen molar-refractivity contribution < 1.29 is 0 Å². The third kappa shape index (κ3) is 8.17. The lowest BCUT2D eigenvalue weighted by atomic mass is 9.93. The second kappa shape index (κ2) is 12.8. The van der Waals surface area contributed by atoms with Gasteiger partial charge >= 0.3 is 0 Å². The van der Waals surface area contributed by atoms with Gasteiger partial charge in [0, 0.05) is 25.2 Å². The average Bonchev–Trinajstić information content (AvgIpc) is 2.65. The van der Waals surface area contributed by atoms with E-state index in [-0.39, 0.29) is 23.8 Å². The Kier molecular flexibility index (Phi) is 11.6. The first-order valence-corrected chi connectivity index (χ1v) is 9.83. The highest BCUT2D eigenvalue weighted by atomic mass is 35.5. The molecule has 25 heavy (non-hydrogen) atoms. The number of hydrazine groups is 1. The van der Waals surface area contributed by atoms with Gasteiger partial charge in [-0.2, -0.15) is 0 Å². The van der Waals surface area contributed by atoms with E-state index >= 15 is 0 Å². The van der Waals surface area contributed by atoms with Crippen LogP contribution in [-0.2, 0) is 0 Å². The van der Waals surface area contributed by atoms with Crippen LogP contribution in [0, 0.1) is 5.92 Å². The minimum absolute atomic E-state index is 0.0211. The quantitative estimate of drug-likeness (QED) is 0.145. The van der Waals surface area contributed by atoms with Gasteiger partial charge in [0.25, 0.3) is 0 Å². The van der Waals surface area contributed by atoms with Crippen molar-refractivity contribution in [2.45, 2.75) is 50.9 Å². The van der Waals surface area contributed by atoms with Crippen LogP contribution in [0.5, 0.6) is 0 Å². The zero-order chi connectivity index (χ0) is 18.7. The van der Waals surface area contributed by atoms with Crippen molar-refractivity contribution in [1.82, 2.24) is 31.7 Å². The minimum Gasteiger partial charge on any atom is -0.298 e. The summed E-state index contributed by atoms with van der Waals surface area (Å²) in [5.41, 5.74) is 6.71. The van der Waals surface area contributed by atoms with Crippen molar-refractivity contribution in [3.63, 3.8) is 0 Å². The van der Waals surface area contributed by atoms with Crippen molar-refractivity contribution >= 4 is 11.6 Å². The van der Waals surface area contributed by atoms with Crippen molar-refractivity contribution in [2.24, 2.45) is 5.92 Å². The fourth-order valence-corrected chi connectivity index (χ4v) is 2.97. The predicted octanol–water partition coefficient (Wildman–Crippen LogP) is 1.19. The molecule has 0 amide bonds. The lowest BCUT2D eigenvalue weighted by Crippen LogP contribution is -2.59. The van der Waals surface area contributed by atoms with E-state index in [1.165, 1.54) is 0 Å². The fraction of sp³-hybridized carbons (Fsp3) is 0.778. The van der Waals surface area contributed by atoms with Crippen molar-refractivity contribution in [3.05, 3.63) is 24.8 Å². The molecule has 1 rings (SSSR count). The second-order valence-corrected chi connectivity index (χ2v) is 7.04. The molecule has 0 spiro atoms. The highest BCUT2D eigenvalue weighted by Gasteiger charge is 2.28. The molecule has 0 aromatic rings. The monoisotopic (exact) mass is 372 g/mol. The van der Waals surface area contributed by atoms with Gasteiger partial charge < -0.3 is 0 Å². The van der Waals surface area contributed by atoms with Gasteiger partial charge in [-0.25, -0.2) is 5.43 Å². The van der Waals surface area contributed by atoms with Crippen LogP contribution < -0.4 is 26.8 Å². The van der Waals surface area contributed by atoms with E-state index in [9.17, 15) is 0 Å². The maximum atomic E-state index is 6.59. The maximum absolute atomic E-state index is 6.59. The summed E-state index contributed by atoms with van der Waals surface area (Å²) in [6, 6.07) is 0.135. The Hall–Kier alpha value is -0.470. The van der Waals surface area contributed by atoms with E-state index < -0.39 is 0 Å². The van der Waals surface area contributed by atoms with Gasteiger partial charge in [0.1, 0.15) is 0 Å². The molecule has 5 unspecified atom stereocenters. The molecule has 0 aromatic carbocycles. The highest BCUT2D eigenvalue weighted by molar-refractivity contribution is 6.21. The van der Waals surface area contributed by atoms with Crippen LogP contribution in [0.15, 0.2) is 24.8 Å². The van der Waals surface area contributed by atoms with E-state index in [1.54, 1.807) is 0 Å². The predicted molar refractivity (Wildman–Crippen MR) is 108 cm³/mol. The van der Waals surface area contributed by atoms with Gasteiger partial charge in [-0.1, -0.05) is 39.0 Å². The van der Waals surface area contributed by atoms with Crippen LogP contribution in [0.2, 0.25) is 0 Å². The molecule has 5 N–H and O–H groups in total. The molecule has 146 valence electrons. The molecule has 0 saturated carbocycles. The summed E-state index contributed by atoms with van der Waals surface area (Å²) < 4.78 is 0. The van der Waals surface area contributed by atoms with E-state index in [0.717, 1.165) is 32.7 Å². The summed E-state index contributed by atoms with van der Waals surface area (Å²) in [7, 11) is 2.10. The molecule has 0 bridgehead atoms. The third-order valence-electron chi connectivity index (χ3n) is 4.55. The summed E-state index contributed by atoms with van der Waals surface area (Å²) in [6.45, 7) is 13.8. The number of nitrogens with one attached hydrogen (secondary N) is 5. The fourth-order valence-electron chi connectivity index (χ4n) is 2.72. The summed E-state index contributed by atoms with van der Waals surface area (Å²) in [6.07, 6.45) is 7.45. The van der Waals surface area contributed by atoms with Crippen LogP contribution in [-0.4, -0.2) is 62.0 Å². The van der Waals surface area contributed by atoms with Gasteiger partial charge in [0.15, 0.2) is 0 Å². The molecule has 0 aromatic heterocycles. The Labute approximate surface area is 158 Å². The number of alkyl halides is 1. The maximum Gasteiger partial charge on any atom is 0.0890 e. The number of hydrogen-bond acceptors (Lipinski definition) is 6. The van der Waals surface area contributed by atoms with Crippen molar-refractivity contribution in [2.75, 3.05) is 33.4 Å². The standard InChI is InChI=1S/C18H37ClN6/c1-6-15(19)18(24-23-16(7-2)20-8-3)14-10-11-17(21-12-14)22-13-25(5)9-4/h7,10-11,14-18,20-24H,2,6,8-9,12-13H2,1,3-5H3. The first kappa shape index (κ1) is 22.6. The molecule has 6 nitrogen and oxygen atoms in total. The number of halogens is 1. The normalized spacial score (nSPS) is 24.2. The number of rotatable bonds is 13. The van der Waals surface area contributed by atoms with Gasteiger partial charge in [-0.3, -0.25) is 26.3 Å². The first-order chi connectivity index (χ1) is 12.0. The Morgan fingerprint density at radius 3 is 2.60 bits per heavy atom. The Bertz CT molecular complexity index is 392. The average molecular weight is 373 g/mol. The van der Waals surface area contributed by atoms with Gasteiger partial charge in [0.05, 0.1) is 17.7 Å². The molecule has 1 aliphatic heterocycles. The lowest BCUT2D eigenvalue weighted by molar-refractivity contribution is 0.268. The lowest BCUT2D eigenvalue weighted by Gasteiger charge is -2.35. The molecular formula is C18H37ClN6. The van der Waals surface area contributed by atoms with Crippen LogP contribution in [0.1, 0.15) is 27.2 Å². The van der Waals surface area contributed by atoms with Gasteiger partial charge in [-0.15, -0.1) is 18.2 Å². The van der Waals surface area contributed by atoms with Crippen LogP contribution >= 0.6 is 11.6 Å². The van der Waals surface area contributed by atoms with Crippen LogP contribution in [0.3, 0.4) is 0 Å². The second-order valence-electron chi connectivity index (χ2n) is 6.48. The molecule has 0 saturated heterocycles. The zero-order valence-corrected chi connectivity index (χ0v) is 16.9. The molecule has 1 aliphatic rings. The Balaban J connectivity index is 2.57. The molecular weight excluding hydrogens is 336 g/mol. The zero-order valence-electron chi connectivity index (χ0n) is 16.2. The van der Waals surface area contributed by atoms with Crippen molar-refractivity contribution in [3.8, 4) is 0 Å². The van der Waals surface area contributed by atoms with Crippen LogP contribution in [0.4, 0.5) is 0 Å². The SMILES string of the molecule is C=CC(NCC)NNC(C(Cl)CC)C1C=CC(NCN(C)CC)NC1. The van der Waals surface area contributed by atoms with Gasteiger partial charge in [-0.05, 0) is 26.6 Å². The smallest absolute Gasteiger partial charge is 0.0890 e. The molecule has 5 atom stereocenters. The Morgan fingerprint density at radius 2 is 2.08 bits per heavy atom. The molecule has 1 heterocycles. The van der Waals surface area contributed by atoms with E-state index in [0.29, 0.717) is 5.92 Å². The van der Waals surface area contributed by atoms with E-state index in [4.69, 9.17) is 11.6 Å². The summed E-state index contributed by atoms with van der Waals surface area (Å²) in [5, 5.41) is 10.4.